The SMILES string of the molecule is CC(C)c1ccc(-c2cc(Cl)cc(Cl)c2)c2oc(C(=O)N[C@H]3CCOc4ccccc43)cc12.CC(C)c1ccc(OS(=O)(=O)C(F)(F)F)c2oc(C(=O)N[C@H]3CCOc4ccccc43)cc12.OB(O)c1cc(O)cc(O)c1. The Morgan fingerprint density at radius 2 is 1.13 bits per heavy atom. The first kappa shape index (κ1) is 55.9. The number of fused-ring (bicyclic) bond motifs is 4. The zero-order valence-electron chi connectivity index (χ0n) is 41.5. The molecule has 15 nitrogen and oxygen atoms in total. The first-order valence-electron chi connectivity index (χ1n) is 24.0. The quantitative estimate of drug-likeness (QED) is 0.0426. The van der Waals surface area contributed by atoms with Crippen molar-refractivity contribution >= 4 is 79.7 Å². The minimum absolute atomic E-state index is 0.0579. The molecule has 0 aliphatic carbocycles. The van der Waals surface area contributed by atoms with Crippen LogP contribution in [0.4, 0.5) is 13.2 Å². The van der Waals surface area contributed by atoms with Gasteiger partial charge in [0, 0.05) is 56.4 Å². The molecule has 0 spiro atoms. The van der Waals surface area contributed by atoms with Gasteiger partial charge in [0.1, 0.15) is 28.6 Å². The van der Waals surface area contributed by atoms with E-state index < -0.39 is 34.4 Å². The normalized spacial score (nSPS) is 15.0. The van der Waals surface area contributed by atoms with Crippen LogP contribution in [0.15, 0.2) is 130 Å². The third-order valence-electron chi connectivity index (χ3n) is 12.5. The van der Waals surface area contributed by atoms with Crippen molar-refractivity contribution in [3.8, 4) is 39.9 Å². The number of amides is 2. The number of alkyl halides is 3. The molecule has 10 rings (SSSR count). The summed E-state index contributed by atoms with van der Waals surface area (Å²) < 4.78 is 88.9. The van der Waals surface area contributed by atoms with Crippen molar-refractivity contribution < 1.29 is 73.9 Å². The fourth-order valence-corrected chi connectivity index (χ4v) is 9.86. The summed E-state index contributed by atoms with van der Waals surface area (Å²) in [5.74, 6) is -0.187. The predicted octanol–water partition coefficient (Wildman–Crippen LogP) is 11.6. The molecule has 0 fully saturated rings. The van der Waals surface area contributed by atoms with Crippen molar-refractivity contribution in [1.82, 2.24) is 10.6 Å². The average Bonchev–Trinajstić information content (AvgIpc) is 4.03. The maximum absolute atomic E-state index is 13.2. The molecular weight excluding hydrogens is 1070 g/mol. The second-order valence-electron chi connectivity index (χ2n) is 18.6. The Morgan fingerprint density at radius 3 is 1.61 bits per heavy atom. The second-order valence-corrected chi connectivity index (χ2v) is 21.0. The van der Waals surface area contributed by atoms with Crippen LogP contribution in [0.5, 0.6) is 28.7 Å². The molecule has 0 unspecified atom stereocenters. The van der Waals surface area contributed by atoms with Crippen LogP contribution in [0.2, 0.25) is 10.0 Å². The van der Waals surface area contributed by atoms with Crippen LogP contribution in [0.25, 0.3) is 33.1 Å². The zero-order chi connectivity index (χ0) is 55.5. The molecule has 2 atom stereocenters. The molecule has 22 heteroatoms. The van der Waals surface area contributed by atoms with Crippen LogP contribution < -0.4 is 29.8 Å². The number of aromatic hydroxyl groups is 2. The molecule has 0 radical (unpaired) electrons. The van der Waals surface area contributed by atoms with E-state index in [9.17, 15) is 31.2 Å². The van der Waals surface area contributed by atoms with Gasteiger partial charge >= 0.3 is 22.7 Å². The van der Waals surface area contributed by atoms with E-state index in [1.54, 1.807) is 12.1 Å². The van der Waals surface area contributed by atoms with E-state index in [2.05, 4.69) is 34.7 Å². The van der Waals surface area contributed by atoms with Crippen molar-refractivity contribution in [2.45, 2.75) is 70.0 Å². The molecule has 402 valence electrons. The van der Waals surface area contributed by atoms with E-state index in [4.69, 9.17) is 61.8 Å². The molecule has 2 amide bonds. The van der Waals surface area contributed by atoms with Gasteiger partial charge in [0.05, 0.1) is 25.3 Å². The molecule has 0 saturated heterocycles. The third-order valence-corrected chi connectivity index (χ3v) is 13.9. The summed E-state index contributed by atoms with van der Waals surface area (Å²) in [6.07, 6.45) is 1.21. The average molecular weight is 1120 g/mol. The number of halogens is 5. The second kappa shape index (κ2) is 23.1. The highest BCUT2D eigenvalue weighted by atomic mass is 35.5. The number of carbonyl (C=O) groups excluding carboxylic acids is 2. The van der Waals surface area contributed by atoms with Gasteiger partial charge in [0.2, 0.25) is 0 Å². The lowest BCUT2D eigenvalue weighted by Gasteiger charge is -2.26. The number of phenols is 2. The number of furan rings is 2. The molecule has 0 saturated carbocycles. The number of para-hydroxylation sites is 2. The number of hydrogen-bond acceptors (Lipinski definition) is 13. The number of benzene rings is 6. The minimum atomic E-state index is -5.92. The largest absolute Gasteiger partial charge is 0.534 e. The molecule has 0 bridgehead atoms. The summed E-state index contributed by atoms with van der Waals surface area (Å²) in [5, 5.41) is 43.2. The molecule has 77 heavy (non-hydrogen) atoms. The minimum Gasteiger partial charge on any atom is -0.508 e. The monoisotopic (exact) mass is 1120 g/mol. The lowest BCUT2D eigenvalue weighted by Crippen LogP contribution is -2.31. The highest BCUT2D eigenvalue weighted by Crippen LogP contribution is 2.41. The first-order valence-corrected chi connectivity index (χ1v) is 26.2. The van der Waals surface area contributed by atoms with E-state index >= 15 is 0 Å². The Hall–Kier alpha value is -7.36. The van der Waals surface area contributed by atoms with E-state index in [1.807, 2.05) is 80.6 Å². The third kappa shape index (κ3) is 12.7. The van der Waals surface area contributed by atoms with Crippen molar-refractivity contribution in [2.24, 2.45) is 0 Å². The zero-order valence-corrected chi connectivity index (χ0v) is 43.9. The Kier molecular flexibility index (Phi) is 16.7. The Labute approximate surface area is 450 Å². The molecule has 2 aromatic heterocycles. The van der Waals surface area contributed by atoms with Crippen molar-refractivity contribution in [3.63, 3.8) is 0 Å². The highest BCUT2D eigenvalue weighted by Gasteiger charge is 2.49. The van der Waals surface area contributed by atoms with Gasteiger partial charge in [0.15, 0.2) is 22.9 Å². The van der Waals surface area contributed by atoms with Gasteiger partial charge in [-0.3, -0.25) is 9.59 Å². The van der Waals surface area contributed by atoms with Gasteiger partial charge in [-0.1, -0.05) is 105 Å². The Bertz CT molecular complexity index is 3560. The standard InChI is InChI=1S/C27H23Cl2NO3.C22H20F3NO6S.C6H7BO4/c1-15(2)19-7-8-20(16-11-17(28)13-18(29)12-16)26-22(19)14-25(33-26)27(31)30-23-9-10-32-24-6-4-3-5-21(23)24;1-12(2)13-7-8-18(32-33(28,29)22(23,24)25)20-15(13)11-19(31-20)21(27)26-16-9-10-30-17-6-4-3-5-14(16)17;8-5-1-4(7(10)11)2-6(9)3-5/h3-8,11-15,23H,9-10H2,1-2H3,(H,30,31);3-8,11-12,16H,9-10H2,1-2H3,(H,26,27);1-3,8-11H/t23-;16-;/m00./s1. The van der Waals surface area contributed by atoms with Gasteiger partial charge in [-0.05, 0) is 94.7 Å². The lowest BCUT2D eigenvalue weighted by molar-refractivity contribution is -0.0499. The summed E-state index contributed by atoms with van der Waals surface area (Å²) >= 11 is 12.5. The van der Waals surface area contributed by atoms with Crippen LogP contribution in [0.3, 0.4) is 0 Å². The molecule has 8 aromatic rings. The van der Waals surface area contributed by atoms with Crippen LogP contribution in [-0.4, -0.2) is 66.3 Å². The predicted molar refractivity (Wildman–Crippen MR) is 285 cm³/mol. The number of ether oxygens (including phenoxy) is 2. The molecular formula is C55H50BCl2F3N2O13S. The first-order chi connectivity index (χ1) is 36.5. The van der Waals surface area contributed by atoms with Crippen molar-refractivity contribution in [2.75, 3.05) is 13.2 Å². The molecule has 6 aromatic carbocycles. The van der Waals surface area contributed by atoms with Crippen LogP contribution in [-0.2, 0) is 10.1 Å². The summed E-state index contributed by atoms with van der Waals surface area (Å²) in [4.78, 5) is 26.2. The maximum Gasteiger partial charge on any atom is 0.534 e. The highest BCUT2D eigenvalue weighted by molar-refractivity contribution is 7.88. The van der Waals surface area contributed by atoms with Crippen molar-refractivity contribution in [1.29, 1.82) is 0 Å². The fraction of sp³-hybridized carbons (Fsp3) is 0.236. The van der Waals surface area contributed by atoms with Crippen LogP contribution >= 0.6 is 23.2 Å². The Morgan fingerprint density at radius 1 is 0.662 bits per heavy atom. The van der Waals surface area contributed by atoms with Crippen LogP contribution in [0.1, 0.15) is 108 Å². The summed E-state index contributed by atoms with van der Waals surface area (Å²) in [5.41, 5.74) is 0.0517. The fourth-order valence-electron chi connectivity index (χ4n) is 8.87. The molecule has 6 N–H and O–H groups in total. The smallest absolute Gasteiger partial charge is 0.508 e. The van der Waals surface area contributed by atoms with Gasteiger partial charge < -0.3 is 53.4 Å². The summed E-state index contributed by atoms with van der Waals surface area (Å²) in [7, 11) is -7.59. The van der Waals surface area contributed by atoms with E-state index in [0.717, 1.165) is 63.2 Å². The van der Waals surface area contributed by atoms with E-state index in [0.29, 0.717) is 53.0 Å². The number of nitrogens with one attached hydrogen (secondary N) is 2. The maximum atomic E-state index is 13.2. The van der Waals surface area contributed by atoms with Crippen LogP contribution in [0, 0.1) is 0 Å². The van der Waals surface area contributed by atoms with E-state index in [1.165, 1.54) is 12.1 Å². The van der Waals surface area contributed by atoms with Gasteiger partial charge in [0.25, 0.3) is 11.8 Å². The number of hydrogen-bond donors (Lipinski definition) is 6. The van der Waals surface area contributed by atoms with Gasteiger partial charge in [-0.25, -0.2) is 0 Å². The Balaban J connectivity index is 0.000000170. The lowest BCUT2D eigenvalue weighted by atomic mass is 9.80. The summed E-state index contributed by atoms with van der Waals surface area (Å²) in [6, 6.07) is 33.1. The molecule has 2 aliphatic rings. The van der Waals surface area contributed by atoms with Gasteiger partial charge in [-0.15, -0.1) is 0 Å². The topological polar surface area (TPSA) is 227 Å². The van der Waals surface area contributed by atoms with Crippen molar-refractivity contribution in [3.05, 3.63) is 165 Å². The number of phenolic OH excluding ortho intramolecular Hbond substituents is 2. The molecule has 4 heterocycles. The number of rotatable bonds is 10. The molecule has 2 aliphatic heterocycles. The summed E-state index contributed by atoms with van der Waals surface area (Å²) in [6.45, 7) is 8.87. The van der Waals surface area contributed by atoms with Gasteiger partial charge in [-0.2, -0.15) is 21.6 Å². The van der Waals surface area contributed by atoms with E-state index in [-0.39, 0.29) is 69.3 Å². The number of carbonyl (C=O) groups is 2.